The molecule has 0 saturated carbocycles. The standard InChI is InChI=1S/C17H17ClN2O4S/c1-12(2)9-17(21)24-20-11-13-3-8-16(19-10-13)25(22,23)15-6-4-14(18)5-7-15/h3-8,10-12H,9H2,1-2H3/b20-11+. The van der Waals surface area contributed by atoms with Gasteiger partial charge in [0.25, 0.3) is 0 Å². The number of benzene rings is 1. The maximum absolute atomic E-state index is 12.5. The highest BCUT2D eigenvalue weighted by Crippen LogP contribution is 2.20. The van der Waals surface area contributed by atoms with Crippen LogP contribution in [0.1, 0.15) is 25.8 Å². The normalized spacial score (nSPS) is 11.8. The lowest BCUT2D eigenvalue weighted by Gasteiger charge is -2.04. The second kappa shape index (κ2) is 8.22. The Morgan fingerprint density at radius 3 is 2.48 bits per heavy atom. The fourth-order valence-corrected chi connectivity index (χ4v) is 3.18. The van der Waals surface area contributed by atoms with Gasteiger partial charge in [-0.05, 0) is 42.3 Å². The van der Waals surface area contributed by atoms with Crippen LogP contribution in [0.2, 0.25) is 5.02 Å². The molecule has 2 rings (SSSR count). The van der Waals surface area contributed by atoms with E-state index in [1.807, 2.05) is 13.8 Å². The van der Waals surface area contributed by atoms with Gasteiger partial charge in [0, 0.05) is 16.8 Å². The summed E-state index contributed by atoms with van der Waals surface area (Å²) in [5.74, 6) is -0.247. The molecule has 0 bridgehead atoms. The summed E-state index contributed by atoms with van der Waals surface area (Å²) in [7, 11) is -3.72. The van der Waals surface area contributed by atoms with Crippen LogP contribution in [0.5, 0.6) is 0 Å². The van der Waals surface area contributed by atoms with Crippen LogP contribution in [0, 0.1) is 5.92 Å². The van der Waals surface area contributed by atoms with Gasteiger partial charge in [-0.1, -0.05) is 30.6 Å². The molecule has 132 valence electrons. The molecule has 2 aromatic rings. The lowest BCUT2D eigenvalue weighted by atomic mass is 10.1. The van der Waals surface area contributed by atoms with Gasteiger partial charge in [-0.25, -0.2) is 18.2 Å². The van der Waals surface area contributed by atoms with E-state index < -0.39 is 15.8 Å². The van der Waals surface area contributed by atoms with E-state index in [9.17, 15) is 13.2 Å². The van der Waals surface area contributed by atoms with Crippen LogP contribution in [-0.2, 0) is 19.5 Å². The van der Waals surface area contributed by atoms with Crippen molar-refractivity contribution >= 4 is 33.6 Å². The predicted octanol–water partition coefficient (Wildman–Crippen LogP) is 3.49. The van der Waals surface area contributed by atoms with Gasteiger partial charge >= 0.3 is 5.97 Å². The van der Waals surface area contributed by atoms with Crippen LogP contribution in [0.15, 0.2) is 57.7 Å². The van der Waals surface area contributed by atoms with Crippen LogP contribution >= 0.6 is 11.6 Å². The molecular weight excluding hydrogens is 364 g/mol. The number of hydrogen-bond acceptors (Lipinski definition) is 6. The second-order valence-corrected chi connectivity index (χ2v) is 8.02. The second-order valence-electron chi connectivity index (χ2n) is 5.68. The highest BCUT2D eigenvalue weighted by atomic mass is 35.5. The van der Waals surface area contributed by atoms with Crippen molar-refractivity contribution in [3.8, 4) is 0 Å². The lowest BCUT2D eigenvalue weighted by Crippen LogP contribution is -2.05. The summed E-state index contributed by atoms with van der Waals surface area (Å²) in [5, 5.41) is 3.93. The number of oxime groups is 1. The highest BCUT2D eigenvalue weighted by molar-refractivity contribution is 7.91. The van der Waals surface area contributed by atoms with Crippen LogP contribution in [-0.4, -0.2) is 25.6 Å². The fourth-order valence-electron chi connectivity index (χ4n) is 1.88. The average Bonchev–Trinajstić information content (AvgIpc) is 2.55. The molecule has 0 radical (unpaired) electrons. The van der Waals surface area contributed by atoms with Crippen molar-refractivity contribution in [1.29, 1.82) is 0 Å². The van der Waals surface area contributed by atoms with Gasteiger partial charge in [0.05, 0.1) is 17.5 Å². The molecule has 8 heteroatoms. The van der Waals surface area contributed by atoms with Crippen molar-refractivity contribution in [3.63, 3.8) is 0 Å². The minimum absolute atomic E-state index is 0.0937. The van der Waals surface area contributed by atoms with E-state index in [4.69, 9.17) is 16.4 Å². The molecule has 25 heavy (non-hydrogen) atoms. The Balaban J connectivity index is 2.09. The molecule has 0 N–H and O–H groups in total. The first-order valence-corrected chi connectivity index (χ1v) is 9.35. The lowest BCUT2D eigenvalue weighted by molar-refractivity contribution is -0.144. The zero-order valence-electron chi connectivity index (χ0n) is 13.7. The third-order valence-electron chi connectivity index (χ3n) is 3.09. The van der Waals surface area contributed by atoms with Crippen molar-refractivity contribution in [2.75, 3.05) is 0 Å². The Kier molecular flexibility index (Phi) is 6.27. The van der Waals surface area contributed by atoms with Gasteiger partial charge in [-0.3, -0.25) is 0 Å². The molecule has 0 aliphatic rings. The highest BCUT2D eigenvalue weighted by Gasteiger charge is 2.18. The topological polar surface area (TPSA) is 85.7 Å². The SMILES string of the molecule is CC(C)CC(=O)O/N=C/c1ccc(S(=O)(=O)c2ccc(Cl)cc2)nc1. The van der Waals surface area contributed by atoms with Crippen molar-refractivity contribution < 1.29 is 18.0 Å². The maximum Gasteiger partial charge on any atom is 0.335 e. The monoisotopic (exact) mass is 380 g/mol. The van der Waals surface area contributed by atoms with E-state index in [1.54, 1.807) is 0 Å². The molecular formula is C17H17ClN2O4S. The largest absolute Gasteiger partial charge is 0.335 e. The number of carbonyl (C=O) groups is 1. The Morgan fingerprint density at radius 1 is 1.24 bits per heavy atom. The fraction of sp³-hybridized carbons (Fsp3) is 0.235. The summed E-state index contributed by atoms with van der Waals surface area (Å²) in [6.45, 7) is 3.80. The number of carbonyl (C=O) groups excluding carboxylic acids is 1. The smallest absolute Gasteiger partial charge is 0.318 e. The van der Waals surface area contributed by atoms with Crippen LogP contribution in [0.4, 0.5) is 0 Å². The Morgan fingerprint density at radius 2 is 1.92 bits per heavy atom. The van der Waals surface area contributed by atoms with E-state index in [-0.39, 0.29) is 22.3 Å². The van der Waals surface area contributed by atoms with E-state index in [0.29, 0.717) is 10.6 Å². The van der Waals surface area contributed by atoms with Crippen LogP contribution in [0.25, 0.3) is 0 Å². The predicted molar refractivity (Wildman–Crippen MR) is 94.3 cm³/mol. The number of nitrogens with zero attached hydrogens (tertiary/aromatic N) is 2. The van der Waals surface area contributed by atoms with Gasteiger partial charge in [0.15, 0.2) is 5.03 Å². The van der Waals surface area contributed by atoms with Crippen LogP contribution in [0.3, 0.4) is 0 Å². The molecule has 0 aliphatic carbocycles. The molecule has 1 aromatic heterocycles. The first kappa shape index (κ1) is 19.1. The summed E-state index contributed by atoms with van der Waals surface area (Å²) in [4.78, 5) is 20.1. The third kappa shape index (κ3) is 5.37. The summed E-state index contributed by atoms with van der Waals surface area (Å²) >= 11 is 5.77. The van der Waals surface area contributed by atoms with Crippen molar-refractivity contribution in [2.45, 2.75) is 30.2 Å². The first-order valence-electron chi connectivity index (χ1n) is 7.49. The third-order valence-corrected chi connectivity index (χ3v) is 5.03. The van der Waals surface area contributed by atoms with Gasteiger partial charge < -0.3 is 4.84 Å². The summed E-state index contributed by atoms with van der Waals surface area (Å²) in [6.07, 6.45) is 2.90. The van der Waals surface area contributed by atoms with E-state index >= 15 is 0 Å². The van der Waals surface area contributed by atoms with Crippen LogP contribution < -0.4 is 0 Å². The minimum atomic E-state index is -3.72. The van der Waals surface area contributed by atoms with Crippen molar-refractivity contribution in [1.82, 2.24) is 4.98 Å². The number of hydrogen-bond donors (Lipinski definition) is 0. The molecule has 0 saturated heterocycles. The van der Waals surface area contributed by atoms with Gasteiger partial charge in [0.1, 0.15) is 0 Å². The van der Waals surface area contributed by atoms with Crippen molar-refractivity contribution in [2.24, 2.45) is 11.1 Å². The number of rotatable bonds is 6. The number of sulfone groups is 1. The summed E-state index contributed by atoms with van der Waals surface area (Å²) in [6, 6.07) is 8.73. The molecule has 0 fully saturated rings. The quantitative estimate of drug-likeness (QED) is 0.435. The van der Waals surface area contributed by atoms with E-state index in [1.165, 1.54) is 48.8 Å². The maximum atomic E-state index is 12.5. The molecule has 6 nitrogen and oxygen atoms in total. The number of halogens is 1. The van der Waals surface area contributed by atoms with Gasteiger partial charge in [-0.15, -0.1) is 0 Å². The van der Waals surface area contributed by atoms with E-state index in [2.05, 4.69) is 10.1 Å². The number of pyridine rings is 1. The van der Waals surface area contributed by atoms with Gasteiger partial charge in [0.2, 0.25) is 9.84 Å². The Bertz CT molecular complexity index is 861. The molecule has 1 heterocycles. The summed E-state index contributed by atoms with van der Waals surface area (Å²) < 4.78 is 24.9. The molecule has 0 atom stereocenters. The molecule has 0 amide bonds. The first-order chi connectivity index (χ1) is 11.8. The van der Waals surface area contributed by atoms with Gasteiger partial charge in [-0.2, -0.15) is 0 Å². The van der Waals surface area contributed by atoms with Crippen molar-refractivity contribution in [3.05, 3.63) is 53.2 Å². The van der Waals surface area contributed by atoms with E-state index in [0.717, 1.165) is 0 Å². The molecule has 0 aliphatic heterocycles. The molecule has 0 unspecified atom stereocenters. The minimum Gasteiger partial charge on any atom is -0.318 e. The molecule has 1 aromatic carbocycles. The molecule has 0 spiro atoms. The zero-order valence-corrected chi connectivity index (χ0v) is 15.3. The average molecular weight is 381 g/mol. The summed E-state index contributed by atoms with van der Waals surface area (Å²) in [5.41, 5.74) is 0.507. The Hall–Kier alpha value is -2.25. The zero-order chi connectivity index (χ0) is 18.4. The number of aromatic nitrogens is 1. The Labute approximate surface area is 151 Å².